The van der Waals surface area contributed by atoms with E-state index in [1.807, 2.05) is 0 Å². The summed E-state index contributed by atoms with van der Waals surface area (Å²) in [6.07, 6.45) is 1.52. The molecule has 0 spiro atoms. The van der Waals surface area contributed by atoms with Crippen LogP contribution in [0.5, 0.6) is 0 Å². The highest BCUT2D eigenvalue weighted by atomic mass is 16.5. The fraction of sp³-hybridized carbons (Fsp3) is 0.750. The van der Waals surface area contributed by atoms with Crippen LogP contribution in [0.1, 0.15) is 26.2 Å². The molecule has 1 aliphatic heterocycles. The third-order valence-electron chi connectivity index (χ3n) is 3.10. The maximum absolute atomic E-state index is 12.0. The van der Waals surface area contributed by atoms with Crippen LogP contribution in [0.4, 0.5) is 0 Å². The second-order valence-corrected chi connectivity index (χ2v) is 4.62. The van der Waals surface area contributed by atoms with Gasteiger partial charge >= 0.3 is 11.9 Å². The average molecular weight is 272 g/mol. The first-order valence-corrected chi connectivity index (χ1v) is 6.38. The minimum absolute atomic E-state index is 0.0262. The molecule has 1 fully saturated rings. The fourth-order valence-electron chi connectivity index (χ4n) is 2.21. The number of likely N-dealkylation sites (tertiary alicyclic amines) is 1. The zero-order chi connectivity index (χ0) is 14.4. The molecule has 0 saturated carbocycles. The van der Waals surface area contributed by atoms with E-state index in [0.29, 0.717) is 13.1 Å². The van der Waals surface area contributed by atoms with Gasteiger partial charge in [-0.25, -0.2) is 4.79 Å². The van der Waals surface area contributed by atoms with Crippen molar-refractivity contribution in [2.24, 2.45) is 11.7 Å². The van der Waals surface area contributed by atoms with E-state index >= 15 is 0 Å². The van der Waals surface area contributed by atoms with Crippen LogP contribution in [0, 0.1) is 5.92 Å². The Morgan fingerprint density at radius 2 is 2.16 bits per heavy atom. The quantitative estimate of drug-likeness (QED) is 0.520. The highest BCUT2D eigenvalue weighted by Crippen LogP contribution is 2.20. The van der Waals surface area contributed by atoms with Crippen molar-refractivity contribution in [1.82, 2.24) is 4.90 Å². The Morgan fingerprint density at radius 1 is 1.47 bits per heavy atom. The number of esters is 1. The fourth-order valence-corrected chi connectivity index (χ4v) is 2.21. The van der Waals surface area contributed by atoms with E-state index in [4.69, 9.17) is 15.6 Å². The van der Waals surface area contributed by atoms with Crippen molar-refractivity contribution in [3.63, 3.8) is 0 Å². The number of ether oxygens (including phenoxy) is 1. The summed E-state index contributed by atoms with van der Waals surface area (Å²) in [5, 5.41) is 8.76. The van der Waals surface area contributed by atoms with Gasteiger partial charge in [0.1, 0.15) is 0 Å². The van der Waals surface area contributed by atoms with Gasteiger partial charge in [0.25, 0.3) is 5.91 Å². The van der Waals surface area contributed by atoms with Gasteiger partial charge in [-0.3, -0.25) is 9.59 Å². The van der Waals surface area contributed by atoms with Crippen molar-refractivity contribution < 1.29 is 24.2 Å². The lowest BCUT2D eigenvalue weighted by Crippen LogP contribution is -2.51. The molecule has 1 heterocycles. The topological polar surface area (TPSA) is 110 Å². The maximum atomic E-state index is 12.0. The predicted molar refractivity (Wildman–Crippen MR) is 66.2 cm³/mol. The van der Waals surface area contributed by atoms with Crippen LogP contribution in [0.25, 0.3) is 0 Å². The molecule has 2 unspecified atom stereocenters. The van der Waals surface area contributed by atoms with Crippen molar-refractivity contribution >= 4 is 17.8 Å². The van der Waals surface area contributed by atoms with E-state index in [2.05, 4.69) is 0 Å². The molecular weight excluding hydrogens is 252 g/mol. The molecule has 3 N–H and O–H groups in total. The first kappa shape index (κ1) is 15.4. The predicted octanol–water partition coefficient (Wildman–Crippen LogP) is -0.410. The third kappa shape index (κ3) is 4.51. The molecule has 2 atom stereocenters. The van der Waals surface area contributed by atoms with Crippen LogP contribution in [0.15, 0.2) is 0 Å². The number of nitrogens with zero attached hydrogens (tertiary/aromatic N) is 1. The van der Waals surface area contributed by atoms with Gasteiger partial charge in [-0.05, 0) is 25.7 Å². The molecule has 19 heavy (non-hydrogen) atoms. The molecule has 0 aromatic rings. The van der Waals surface area contributed by atoms with E-state index < -0.39 is 23.9 Å². The molecule has 1 saturated heterocycles. The van der Waals surface area contributed by atoms with Crippen LogP contribution >= 0.6 is 0 Å². The molecule has 1 amide bonds. The number of rotatable bonds is 5. The molecule has 0 bridgehead atoms. The van der Waals surface area contributed by atoms with Crippen LogP contribution in [-0.2, 0) is 19.1 Å². The highest BCUT2D eigenvalue weighted by molar-refractivity contribution is 6.01. The van der Waals surface area contributed by atoms with E-state index in [1.54, 1.807) is 6.92 Å². The molecule has 7 heteroatoms. The molecule has 0 radical (unpaired) electrons. The second kappa shape index (κ2) is 7.08. The highest BCUT2D eigenvalue weighted by Gasteiger charge is 2.32. The Bertz CT molecular complexity index is 358. The molecule has 0 aromatic carbocycles. The van der Waals surface area contributed by atoms with Crippen molar-refractivity contribution in [3.8, 4) is 0 Å². The number of amides is 1. The van der Waals surface area contributed by atoms with E-state index in [-0.39, 0.29) is 18.9 Å². The molecular formula is C12H20N2O5. The zero-order valence-electron chi connectivity index (χ0n) is 11.0. The van der Waals surface area contributed by atoms with Crippen LogP contribution < -0.4 is 5.73 Å². The number of carbonyl (C=O) groups is 3. The molecule has 108 valence electrons. The lowest BCUT2D eigenvalue weighted by Gasteiger charge is -2.33. The molecule has 0 aliphatic carbocycles. The first-order chi connectivity index (χ1) is 8.95. The SMILES string of the molecule is CCOC(=O)C(N)C(=O)N1CCCC(CC(=O)O)C1. The summed E-state index contributed by atoms with van der Waals surface area (Å²) in [7, 11) is 0. The van der Waals surface area contributed by atoms with Crippen molar-refractivity contribution in [2.75, 3.05) is 19.7 Å². The summed E-state index contributed by atoms with van der Waals surface area (Å²) >= 11 is 0. The Hall–Kier alpha value is -1.63. The van der Waals surface area contributed by atoms with Gasteiger partial charge < -0.3 is 20.5 Å². The summed E-state index contributed by atoms with van der Waals surface area (Å²) in [4.78, 5) is 35.5. The smallest absolute Gasteiger partial charge is 0.332 e. The Labute approximate surface area is 111 Å². The second-order valence-electron chi connectivity index (χ2n) is 4.62. The molecule has 1 aliphatic rings. The van der Waals surface area contributed by atoms with E-state index in [0.717, 1.165) is 12.8 Å². The summed E-state index contributed by atoms with van der Waals surface area (Å²) in [5.41, 5.74) is 5.54. The van der Waals surface area contributed by atoms with Gasteiger partial charge in [-0.15, -0.1) is 0 Å². The first-order valence-electron chi connectivity index (χ1n) is 6.38. The number of hydrogen-bond acceptors (Lipinski definition) is 5. The van der Waals surface area contributed by atoms with Gasteiger partial charge in [0.2, 0.25) is 0 Å². The lowest BCUT2D eigenvalue weighted by molar-refractivity contribution is -0.152. The molecule has 1 rings (SSSR count). The van der Waals surface area contributed by atoms with Crippen molar-refractivity contribution in [2.45, 2.75) is 32.2 Å². The van der Waals surface area contributed by atoms with Crippen LogP contribution in [0.3, 0.4) is 0 Å². The largest absolute Gasteiger partial charge is 0.481 e. The third-order valence-corrected chi connectivity index (χ3v) is 3.10. The minimum atomic E-state index is -1.32. The molecule has 7 nitrogen and oxygen atoms in total. The summed E-state index contributed by atoms with van der Waals surface area (Å²) in [6.45, 7) is 2.64. The van der Waals surface area contributed by atoms with Gasteiger partial charge in [0, 0.05) is 19.5 Å². The standard InChI is InChI=1S/C12H20N2O5/c1-2-19-12(18)10(13)11(17)14-5-3-4-8(7-14)6-9(15)16/h8,10H,2-7,13H2,1H3,(H,15,16). The summed E-state index contributed by atoms with van der Waals surface area (Å²) in [5.74, 6) is -2.19. The zero-order valence-corrected chi connectivity index (χ0v) is 11.0. The Kier molecular flexibility index (Phi) is 5.75. The number of nitrogens with two attached hydrogens (primary N) is 1. The number of aliphatic carboxylic acids is 1. The monoisotopic (exact) mass is 272 g/mol. The van der Waals surface area contributed by atoms with Gasteiger partial charge in [0.05, 0.1) is 6.61 Å². The van der Waals surface area contributed by atoms with E-state index in [1.165, 1.54) is 4.90 Å². The van der Waals surface area contributed by atoms with Crippen LogP contribution in [-0.4, -0.2) is 53.6 Å². The molecule has 0 aromatic heterocycles. The number of piperidine rings is 1. The van der Waals surface area contributed by atoms with Crippen molar-refractivity contribution in [3.05, 3.63) is 0 Å². The van der Waals surface area contributed by atoms with Crippen molar-refractivity contribution in [1.29, 1.82) is 0 Å². The Morgan fingerprint density at radius 3 is 2.74 bits per heavy atom. The van der Waals surface area contributed by atoms with Gasteiger partial charge in [-0.2, -0.15) is 0 Å². The summed E-state index contributed by atoms with van der Waals surface area (Å²) < 4.78 is 4.70. The maximum Gasteiger partial charge on any atom is 0.332 e. The number of carboxylic acids is 1. The number of carboxylic acid groups (broad SMARTS) is 1. The van der Waals surface area contributed by atoms with Crippen LogP contribution in [0.2, 0.25) is 0 Å². The number of carbonyl (C=O) groups excluding carboxylic acids is 2. The number of hydrogen-bond donors (Lipinski definition) is 2. The van der Waals surface area contributed by atoms with Gasteiger partial charge in [0.15, 0.2) is 6.04 Å². The lowest BCUT2D eigenvalue weighted by atomic mass is 9.94. The normalized spacial score (nSPS) is 20.7. The van der Waals surface area contributed by atoms with Gasteiger partial charge in [-0.1, -0.05) is 0 Å². The average Bonchev–Trinajstić information content (AvgIpc) is 2.36. The summed E-state index contributed by atoms with van der Waals surface area (Å²) in [6, 6.07) is -1.32. The minimum Gasteiger partial charge on any atom is -0.481 e. The Balaban J connectivity index is 2.56. The van der Waals surface area contributed by atoms with E-state index in [9.17, 15) is 14.4 Å².